The monoisotopic (exact) mass is 263 g/mol. The Kier molecular flexibility index (Phi) is 4.76. The standard InChI is InChI=1S/C14H21N3S/c1-3-5-16-6-8-17(9-7-16)13(11-15)14-12(2)4-10-18-14/h4,10,13H,3,5-9H2,1-2H3. The van der Waals surface area contributed by atoms with Gasteiger partial charge in [0, 0.05) is 31.1 Å². The van der Waals surface area contributed by atoms with Gasteiger partial charge in [0.05, 0.1) is 6.07 Å². The fourth-order valence-electron chi connectivity index (χ4n) is 2.53. The Balaban J connectivity index is 2.00. The predicted octanol–water partition coefficient (Wildman–Crippen LogP) is 2.65. The van der Waals surface area contributed by atoms with Crippen LogP contribution in [0.3, 0.4) is 0 Å². The molecule has 1 unspecified atom stereocenters. The first-order valence-corrected chi connectivity index (χ1v) is 7.54. The van der Waals surface area contributed by atoms with E-state index in [1.165, 1.54) is 23.4 Å². The molecule has 4 heteroatoms. The van der Waals surface area contributed by atoms with Crippen LogP contribution in [0.1, 0.15) is 29.8 Å². The molecule has 1 aliphatic rings. The minimum Gasteiger partial charge on any atom is -0.301 e. The Hall–Kier alpha value is -0.890. The van der Waals surface area contributed by atoms with E-state index in [1.54, 1.807) is 11.3 Å². The number of nitriles is 1. The van der Waals surface area contributed by atoms with Crippen molar-refractivity contribution < 1.29 is 0 Å². The van der Waals surface area contributed by atoms with Gasteiger partial charge in [-0.15, -0.1) is 11.3 Å². The van der Waals surface area contributed by atoms with Crippen LogP contribution in [0.25, 0.3) is 0 Å². The van der Waals surface area contributed by atoms with E-state index in [0.29, 0.717) is 0 Å². The summed E-state index contributed by atoms with van der Waals surface area (Å²) in [5.74, 6) is 0. The van der Waals surface area contributed by atoms with Crippen molar-refractivity contribution >= 4 is 11.3 Å². The lowest BCUT2D eigenvalue weighted by molar-refractivity contribution is 0.115. The van der Waals surface area contributed by atoms with E-state index in [4.69, 9.17) is 0 Å². The molecular weight excluding hydrogens is 242 g/mol. The molecule has 98 valence electrons. The van der Waals surface area contributed by atoms with Crippen molar-refractivity contribution in [2.45, 2.75) is 26.3 Å². The van der Waals surface area contributed by atoms with Gasteiger partial charge in [-0.05, 0) is 36.9 Å². The number of nitrogens with zero attached hydrogens (tertiary/aromatic N) is 3. The molecule has 1 saturated heterocycles. The maximum atomic E-state index is 9.45. The Morgan fingerprint density at radius 3 is 2.61 bits per heavy atom. The van der Waals surface area contributed by atoms with E-state index in [-0.39, 0.29) is 6.04 Å². The van der Waals surface area contributed by atoms with Gasteiger partial charge in [0.1, 0.15) is 6.04 Å². The molecule has 1 aliphatic heterocycles. The normalized spacial score (nSPS) is 19.6. The molecule has 1 aromatic rings. The summed E-state index contributed by atoms with van der Waals surface area (Å²) < 4.78 is 0. The molecule has 0 N–H and O–H groups in total. The number of piperazine rings is 1. The van der Waals surface area contributed by atoms with Gasteiger partial charge < -0.3 is 4.90 Å². The minimum atomic E-state index is -0.0474. The van der Waals surface area contributed by atoms with E-state index >= 15 is 0 Å². The van der Waals surface area contributed by atoms with Crippen molar-refractivity contribution in [2.24, 2.45) is 0 Å². The summed E-state index contributed by atoms with van der Waals surface area (Å²) in [5.41, 5.74) is 1.25. The quantitative estimate of drug-likeness (QED) is 0.836. The second-order valence-corrected chi connectivity index (χ2v) is 5.82. The maximum Gasteiger partial charge on any atom is 0.133 e. The van der Waals surface area contributed by atoms with Crippen molar-refractivity contribution in [1.29, 1.82) is 5.26 Å². The summed E-state index contributed by atoms with van der Waals surface area (Å²) in [7, 11) is 0. The van der Waals surface area contributed by atoms with Gasteiger partial charge in [-0.2, -0.15) is 5.26 Å². The van der Waals surface area contributed by atoms with Crippen LogP contribution in [-0.2, 0) is 0 Å². The third-order valence-electron chi connectivity index (χ3n) is 3.58. The molecule has 2 heterocycles. The molecule has 0 spiro atoms. The van der Waals surface area contributed by atoms with E-state index in [0.717, 1.165) is 26.2 Å². The average Bonchev–Trinajstić information content (AvgIpc) is 2.79. The van der Waals surface area contributed by atoms with E-state index < -0.39 is 0 Å². The van der Waals surface area contributed by atoms with Gasteiger partial charge >= 0.3 is 0 Å². The van der Waals surface area contributed by atoms with Gasteiger partial charge in [-0.25, -0.2) is 0 Å². The Morgan fingerprint density at radius 2 is 2.11 bits per heavy atom. The van der Waals surface area contributed by atoms with Crippen LogP contribution in [0.5, 0.6) is 0 Å². The SMILES string of the molecule is CCCN1CCN(C(C#N)c2sccc2C)CC1. The highest BCUT2D eigenvalue weighted by Gasteiger charge is 2.26. The molecule has 2 rings (SSSR count). The summed E-state index contributed by atoms with van der Waals surface area (Å²) in [6.45, 7) is 9.71. The third-order valence-corrected chi connectivity index (χ3v) is 4.66. The molecule has 0 aliphatic carbocycles. The molecule has 1 fully saturated rings. The third kappa shape index (κ3) is 2.92. The van der Waals surface area contributed by atoms with Gasteiger partial charge in [-0.3, -0.25) is 4.90 Å². The van der Waals surface area contributed by atoms with Crippen molar-refractivity contribution in [2.75, 3.05) is 32.7 Å². The van der Waals surface area contributed by atoms with Crippen LogP contribution in [0, 0.1) is 18.3 Å². The molecule has 0 amide bonds. The lowest BCUT2D eigenvalue weighted by atomic mass is 10.1. The van der Waals surface area contributed by atoms with Crippen molar-refractivity contribution in [3.8, 4) is 6.07 Å². The molecule has 1 atom stereocenters. The van der Waals surface area contributed by atoms with Gasteiger partial charge in [0.2, 0.25) is 0 Å². The Bertz CT molecular complexity index is 413. The van der Waals surface area contributed by atoms with Crippen LogP contribution < -0.4 is 0 Å². The van der Waals surface area contributed by atoms with Crippen LogP contribution in [0.15, 0.2) is 11.4 Å². The lowest BCUT2D eigenvalue weighted by Gasteiger charge is -2.36. The van der Waals surface area contributed by atoms with Crippen molar-refractivity contribution in [3.63, 3.8) is 0 Å². The number of thiophene rings is 1. The zero-order valence-electron chi connectivity index (χ0n) is 11.2. The highest BCUT2D eigenvalue weighted by atomic mass is 32.1. The first-order valence-electron chi connectivity index (χ1n) is 6.66. The molecule has 3 nitrogen and oxygen atoms in total. The van der Waals surface area contributed by atoms with Gasteiger partial charge in [-0.1, -0.05) is 6.92 Å². The maximum absolute atomic E-state index is 9.45. The van der Waals surface area contributed by atoms with Crippen LogP contribution in [-0.4, -0.2) is 42.5 Å². The summed E-state index contributed by atoms with van der Waals surface area (Å²) in [4.78, 5) is 6.04. The fourth-order valence-corrected chi connectivity index (χ4v) is 3.54. The number of hydrogen-bond donors (Lipinski definition) is 0. The highest BCUT2D eigenvalue weighted by molar-refractivity contribution is 7.10. The average molecular weight is 263 g/mol. The zero-order chi connectivity index (χ0) is 13.0. The number of aryl methyl sites for hydroxylation is 1. The summed E-state index contributed by atoms with van der Waals surface area (Å²) in [5, 5.41) is 11.5. The smallest absolute Gasteiger partial charge is 0.133 e. The Morgan fingerprint density at radius 1 is 1.39 bits per heavy atom. The number of rotatable bonds is 4. The summed E-state index contributed by atoms with van der Waals surface area (Å²) in [6, 6.07) is 4.54. The second kappa shape index (κ2) is 6.33. The van der Waals surface area contributed by atoms with Crippen LogP contribution in [0.4, 0.5) is 0 Å². The van der Waals surface area contributed by atoms with Gasteiger partial charge in [0.15, 0.2) is 0 Å². The van der Waals surface area contributed by atoms with E-state index in [1.807, 2.05) is 0 Å². The number of hydrogen-bond acceptors (Lipinski definition) is 4. The van der Waals surface area contributed by atoms with Crippen LogP contribution >= 0.6 is 11.3 Å². The fraction of sp³-hybridized carbons (Fsp3) is 0.643. The summed E-state index contributed by atoms with van der Waals surface area (Å²) >= 11 is 1.71. The molecule has 0 radical (unpaired) electrons. The molecule has 0 aromatic carbocycles. The predicted molar refractivity (Wildman–Crippen MR) is 75.7 cm³/mol. The molecule has 18 heavy (non-hydrogen) atoms. The summed E-state index contributed by atoms with van der Waals surface area (Å²) in [6.07, 6.45) is 1.21. The lowest BCUT2D eigenvalue weighted by Crippen LogP contribution is -2.47. The van der Waals surface area contributed by atoms with Crippen molar-refractivity contribution in [3.05, 3.63) is 21.9 Å². The zero-order valence-corrected chi connectivity index (χ0v) is 12.0. The van der Waals surface area contributed by atoms with Crippen LogP contribution in [0.2, 0.25) is 0 Å². The molecule has 0 saturated carbocycles. The molecule has 1 aromatic heterocycles. The second-order valence-electron chi connectivity index (χ2n) is 4.88. The Labute approximate surface area is 114 Å². The minimum absolute atomic E-state index is 0.0474. The van der Waals surface area contributed by atoms with E-state index in [9.17, 15) is 5.26 Å². The molecular formula is C14H21N3S. The highest BCUT2D eigenvalue weighted by Crippen LogP contribution is 2.28. The molecule has 0 bridgehead atoms. The topological polar surface area (TPSA) is 30.3 Å². The van der Waals surface area contributed by atoms with E-state index in [2.05, 4.69) is 41.2 Å². The largest absolute Gasteiger partial charge is 0.301 e. The van der Waals surface area contributed by atoms with Gasteiger partial charge in [0.25, 0.3) is 0 Å². The first-order chi connectivity index (χ1) is 8.76. The first kappa shape index (κ1) is 13.5. The van der Waals surface area contributed by atoms with Crippen molar-refractivity contribution in [1.82, 2.24) is 9.80 Å².